The highest BCUT2D eigenvalue weighted by Crippen LogP contribution is 2.13. The molecule has 0 spiro atoms. The smallest absolute Gasteiger partial charge is 0.234 e. The Kier molecular flexibility index (Phi) is 5.44. The maximum atomic E-state index is 13.6. The molecule has 144 valence electrons. The molecule has 3 rings (SSSR count). The SMILES string of the molecule is O=S(=O)(Cc1ccccc1F)NCCS(=O)(=O)Nc1ccn2nccc2c1. The van der Waals surface area contributed by atoms with E-state index >= 15 is 0 Å². The van der Waals surface area contributed by atoms with Gasteiger partial charge >= 0.3 is 0 Å². The number of nitrogens with one attached hydrogen (secondary N) is 2. The lowest BCUT2D eigenvalue weighted by atomic mass is 10.2. The third-order valence-electron chi connectivity index (χ3n) is 3.67. The van der Waals surface area contributed by atoms with Crippen molar-refractivity contribution in [2.24, 2.45) is 0 Å². The van der Waals surface area contributed by atoms with Crippen molar-refractivity contribution < 1.29 is 21.2 Å². The molecule has 0 unspecified atom stereocenters. The minimum absolute atomic E-state index is 0.0140. The Morgan fingerprint density at radius 3 is 2.59 bits per heavy atom. The first-order valence-electron chi connectivity index (χ1n) is 7.89. The van der Waals surface area contributed by atoms with Crippen LogP contribution in [0.1, 0.15) is 5.56 Å². The van der Waals surface area contributed by atoms with Gasteiger partial charge < -0.3 is 0 Å². The molecule has 0 saturated carbocycles. The van der Waals surface area contributed by atoms with E-state index in [0.29, 0.717) is 11.2 Å². The number of fused-ring (bicyclic) bond motifs is 1. The summed E-state index contributed by atoms with van der Waals surface area (Å²) in [4.78, 5) is 0. The third kappa shape index (κ3) is 5.25. The molecule has 2 N–H and O–H groups in total. The van der Waals surface area contributed by atoms with Gasteiger partial charge in [-0.25, -0.2) is 30.5 Å². The minimum Gasteiger partial charge on any atom is -0.283 e. The van der Waals surface area contributed by atoms with Crippen LogP contribution in [0.5, 0.6) is 0 Å². The lowest BCUT2D eigenvalue weighted by Gasteiger charge is -2.10. The van der Waals surface area contributed by atoms with Crippen molar-refractivity contribution in [2.45, 2.75) is 5.75 Å². The maximum absolute atomic E-state index is 13.6. The number of sulfonamides is 2. The Hall–Kier alpha value is -2.50. The second kappa shape index (κ2) is 7.62. The van der Waals surface area contributed by atoms with E-state index in [0.717, 1.165) is 6.07 Å². The van der Waals surface area contributed by atoms with Crippen molar-refractivity contribution in [3.8, 4) is 0 Å². The van der Waals surface area contributed by atoms with Gasteiger partial charge in [-0.2, -0.15) is 5.10 Å². The van der Waals surface area contributed by atoms with Crippen LogP contribution >= 0.6 is 0 Å². The predicted molar refractivity (Wildman–Crippen MR) is 99.6 cm³/mol. The highest BCUT2D eigenvalue weighted by atomic mass is 32.2. The van der Waals surface area contributed by atoms with Gasteiger partial charge in [0.15, 0.2) is 0 Å². The molecule has 0 fully saturated rings. The van der Waals surface area contributed by atoms with E-state index in [9.17, 15) is 21.2 Å². The van der Waals surface area contributed by atoms with Crippen LogP contribution < -0.4 is 9.44 Å². The zero-order chi connectivity index (χ0) is 19.5. The second-order valence-corrected chi connectivity index (χ2v) is 9.43. The molecule has 0 aliphatic heterocycles. The fourth-order valence-corrected chi connectivity index (χ4v) is 4.67. The average Bonchev–Trinajstić information content (AvgIpc) is 3.03. The lowest BCUT2D eigenvalue weighted by Crippen LogP contribution is -2.32. The monoisotopic (exact) mass is 412 g/mol. The van der Waals surface area contributed by atoms with Crippen LogP contribution in [0.15, 0.2) is 54.9 Å². The Bertz CT molecular complexity index is 1160. The van der Waals surface area contributed by atoms with Crippen molar-refractivity contribution in [1.82, 2.24) is 14.3 Å². The summed E-state index contributed by atoms with van der Waals surface area (Å²) in [6.07, 6.45) is 3.18. The molecule has 0 bridgehead atoms. The van der Waals surface area contributed by atoms with Gasteiger partial charge in [-0.3, -0.25) is 4.72 Å². The quantitative estimate of drug-likeness (QED) is 0.580. The Morgan fingerprint density at radius 1 is 1.04 bits per heavy atom. The Balaban J connectivity index is 1.57. The van der Waals surface area contributed by atoms with E-state index in [1.165, 1.54) is 18.2 Å². The first kappa shape index (κ1) is 19.3. The third-order valence-corrected chi connectivity index (χ3v) is 6.29. The topological polar surface area (TPSA) is 110 Å². The molecule has 2 heterocycles. The van der Waals surface area contributed by atoms with Crippen molar-refractivity contribution >= 4 is 31.3 Å². The van der Waals surface area contributed by atoms with Gasteiger partial charge in [-0.15, -0.1) is 0 Å². The highest BCUT2D eigenvalue weighted by Gasteiger charge is 2.17. The van der Waals surface area contributed by atoms with E-state index in [4.69, 9.17) is 0 Å². The predicted octanol–water partition coefficient (Wildman–Crippen LogP) is 1.33. The van der Waals surface area contributed by atoms with Crippen LogP contribution in [0.3, 0.4) is 0 Å². The molecule has 11 heteroatoms. The molecule has 0 amide bonds. The zero-order valence-electron chi connectivity index (χ0n) is 14.0. The molecule has 1 aromatic carbocycles. The number of aromatic nitrogens is 2. The molecule has 0 aliphatic carbocycles. The van der Waals surface area contributed by atoms with Gasteiger partial charge in [0.2, 0.25) is 20.0 Å². The van der Waals surface area contributed by atoms with E-state index in [1.807, 2.05) is 0 Å². The van der Waals surface area contributed by atoms with Crippen LogP contribution in [0, 0.1) is 5.82 Å². The highest BCUT2D eigenvalue weighted by molar-refractivity contribution is 7.92. The fourth-order valence-electron chi connectivity index (χ4n) is 2.42. The molecular formula is C16H17FN4O4S2. The van der Waals surface area contributed by atoms with Gasteiger partial charge in [0.1, 0.15) is 5.82 Å². The normalized spacial score (nSPS) is 12.3. The van der Waals surface area contributed by atoms with E-state index in [1.54, 1.807) is 35.1 Å². The Morgan fingerprint density at radius 2 is 1.81 bits per heavy atom. The van der Waals surface area contributed by atoms with Crippen molar-refractivity contribution in [2.75, 3.05) is 17.0 Å². The molecule has 8 nitrogen and oxygen atoms in total. The number of benzene rings is 1. The summed E-state index contributed by atoms with van der Waals surface area (Å²) in [6, 6.07) is 10.4. The number of hydrogen-bond acceptors (Lipinski definition) is 5. The van der Waals surface area contributed by atoms with Crippen molar-refractivity contribution in [3.05, 3.63) is 66.2 Å². The second-order valence-electron chi connectivity index (χ2n) is 5.78. The molecule has 27 heavy (non-hydrogen) atoms. The van der Waals surface area contributed by atoms with Crippen LogP contribution in [0.2, 0.25) is 0 Å². The number of hydrogen-bond donors (Lipinski definition) is 2. The summed E-state index contributed by atoms with van der Waals surface area (Å²) >= 11 is 0. The average molecular weight is 412 g/mol. The van der Waals surface area contributed by atoms with Crippen LogP contribution in [-0.4, -0.2) is 38.7 Å². The molecule has 0 radical (unpaired) electrons. The summed E-state index contributed by atoms with van der Waals surface area (Å²) in [5, 5.41) is 4.01. The van der Waals surface area contributed by atoms with Gasteiger partial charge in [-0.05, 0) is 24.3 Å². The van der Waals surface area contributed by atoms with Crippen molar-refractivity contribution in [3.63, 3.8) is 0 Å². The van der Waals surface area contributed by atoms with Crippen LogP contribution in [0.25, 0.3) is 5.52 Å². The minimum atomic E-state index is -3.87. The number of anilines is 1. The fraction of sp³-hybridized carbons (Fsp3) is 0.188. The first-order valence-corrected chi connectivity index (χ1v) is 11.2. The summed E-state index contributed by atoms with van der Waals surface area (Å²) in [7, 11) is -7.64. The summed E-state index contributed by atoms with van der Waals surface area (Å²) in [5.41, 5.74) is 1.07. The van der Waals surface area contributed by atoms with E-state index in [2.05, 4.69) is 14.5 Å². The van der Waals surface area contributed by atoms with Gasteiger partial charge in [0.25, 0.3) is 0 Å². The summed E-state index contributed by atoms with van der Waals surface area (Å²) in [6.45, 7) is -0.332. The summed E-state index contributed by atoms with van der Waals surface area (Å²) < 4.78 is 68.0. The zero-order valence-corrected chi connectivity index (χ0v) is 15.7. The van der Waals surface area contributed by atoms with Gasteiger partial charge in [0, 0.05) is 24.5 Å². The van der Waals surface area contributed by atoms with E-state index in [-0.39, 0.29) is 12.1 Å². The molecule has 0 saturated heterocycles. The largest absolute Gasteiger partial charge is 0.283 e. The lowest BCUT2D eigenvalue weighted by molar-refractivity contribution is 0.575. The number of rotatable bonds is 8. The number of pyridine rings is 1. The van der Waals surface area contributed by atoms with Crippen LogP contribution in [-0.2, 0) is 25.8 Å². The molecular weight excluding hydrogens is 395 g/mol. The molecule has 2 aromatic heterocycles. The maximum Gasteiger partial charge on any atom is 0.234 e. The molecule has 0 aliphatic rings. The van der Waals surface area contributed by atoms with Crippen LogP contribution in [0.4, 0.5) is 10.1 Å². The van der Waals surface area contributed by atoms with E-state index < -0.39 is 37.4 Å². The summed E-state index contributed by atoms with van der Waals surface area (Å²) in [5.74, 6) is -1.66. The molecule has 3 aromatic rings. The van der Waals surface area contributed by atoms with Gasteiger partial charge in [-0.1, -0.05) is 18.2 Å². The first-order chi connectivity index (χ1) is 12.7. The Labute approximate surface area is 156 Å². The molecule has 0 atom stereocenters. The number of nitrogens with zero attached hydrogens (tertiary/aromatic N) is 2. The van der Waals surface area contributed by atoms with Crippen molar-refractivity contribution in [1.29, 1.82) is 0 Å². The number of halogens is 1. The van der Waals surface area contributed by atoms with Gasteiger partial charge in [0.05, 0.1) is 22.7 Å². The standard InChI is InChI=1S/C16H17FN4O4S2/c17-16-4-2-1-3-13(16)12-27(24,25)19-8-10-26(22,23)20-14-6-9-21-15(11-14)5-7-18-21/h1-7,9,11,19-20H,8,10,12H2.